The van der Waals surface area contributed by atoms with Gasteiger partial charge in [0, 0.05) is 18.3 Å². The van der Waals surface area contributed by atoms with Gasteiger partial charge in [0.1, 0.15) is 6.04 Å². The highest BCUT2D eigenvalue weighted by atomic mass is 16.4. The monoisotopic (exact) mass is 280 g/mol. The molecule has 1 saturated heterocycles. The summed E-state index contributed by atoms with van der Waals surface area (Å²) in [5, 5.41) is 15.0. The number of aromatic nitrogens is 2. The Morgan fingerprint density at radius 1 is 1.55 bits per heavy atom. The van der Waals surface area contributed by atoms with Crippen LogP contribution in [0.2, 0.25) is 0 Å². The van der Waals surface area contributed by atoms with Crippen LogP contribution in [-0.4, -0.2) is 45.1 Å². The van der Waals surface area contributed by atoms with Gasteiger partial charge in [0.05, 0.1) is 11.9 Å². The molecule has 7 heteroatoms. The van der Waals surface area contributed by atoms with Crippen LogP contribution in [-0.2, 0) is 16.0 Å². The number of carbonyl (C=O) groups is 2. The Bertz CT molecular complexity index is 466. The minimum atomic E-state index is -1.05. The average molecular weight is 280 g/mol. The molecule has 0 aromatic carbocycles. The Hall–Kier alpha value is -1.89. The van der Waals surface area contributed by atoms with Gasteiger partial charge >= 0.3 is 5.97 Å². The van der Waals surface area contributed by atoms with Crippen molar-refractivity contribution in [3.8, 4) is 0 Å². The van der Waals surface area contributed by atoms with E-state index < -0.39 is 17.6 Å². The lowest BCUT2D eigenvalue weighted by Crippen LogP contribution is -2.59. The molecule has 20 heavy (non-hydrogen) atoms. The first-order chi connectivity index (χ1) is 9.51. The number of nitrogens with one attached hydrogen (secondary N) is 3. The van der Waals surface area contributed by atoms with Crippen LogP contribution in [0.15, 0.2) is 12.5 Å². The number of H-pyrrole nitrogens is 1. The van der Waals surface area contributed by atoms with Crippen molar-refractivity contribution < 1.29 is 14.7 Å². The van der Waals surface area contributed by atoms with E-state index in [0.29, 0.717) is 5.69 Å². The number of piperidine rings is 1. The number of carboxylic acids is 1. The number of amides is 1. The summed E-state index contributed by atoms with van der Waals surface area (Å²) in [4.78, 5) is 30.3. The maximum atomic E-state index is 12.3. The van der Waals surface area contributed by atoms with Gasteiger partial charge in [0.25, 0.3) is 0 Å². The molecule has 1 aromatic heterocycles. The van der Waals surface area contributed by atoms with E-state index in [2.05, 4.69) is 20.6 Å². The predicted molar refractivity (Wildman–Crippen MR) is 72.1 cm³/mol. The normalized spacial score (nSPS) is 24.1. The molecule has 0 radical (unpaired) electrons. The number of aliphatic carboxylic acids is 1. The van der Waals surface area contributed by atoms with Gasteiger partial charge in [-0.25, -0.2) is 9.78 Å². The van der Waals surface area contributed by atoms with Crippen LogP contribution < -0.4 is 10.6 Å². The second kappa shape index (κ2) is 6.04. The van der Waals surface area contributed by atoms with E-state index in [1.54, 1.807) is 6.20 Å². The molecule has 4 N–H and O–H groups in total. The Labute approximate surface area is 117 Å². The molecule has 0 bridgehead atoms. The third-order valence-electron chi connectivity index (χ3n) is 3.70. The molecule has 2 rings (SSSR count). The molecule has 2 atom stereocenters. The van der Waals surface area contributed by atoms with Crippen LogP contribution in [0.3, 0.4) is 0 Å². The topological polar surface area (TPSA) is 107 Å². The number of hydrogen-bond acceptors (Lipinski definition) is 4. The Morgan fingerprint density at radius 2 is 2.35 bits per heavy atom. The van der Waals surface area contributed by atoms with Crippen molar-refractivity contribution in [1.29, 1.82) is 0 Å². The van der Waals surface area contributed by atoms with Crippen molar-refractivity contribution in [3.63, 3.8) is 0 Å². The van der Waals surface area contributed by atoms with Gasteiger partial charge in [-0.15, -0.1) is 0 Å². The number of rotatable bonds is 5. The van der Waals surface area contributed by atoms with Gasteiger partial charge < -0.3 is 20.7 Å². The number of carbonyl (C=O) groups excluding carboxylic acids is 1. The zero-order valence-corrected chi connectivity index (χ0v) is 11.5. The summed E-state index contributed by atoms with van der Waals surface area (Å²) < 4.78 is 0. The molecule has 1 amide bonds. The second-order valence-electron chi connectivity index (χ2n) is 5.36. The molecule has 0 saturated carbocycles. The van der Waals surface area contributed by atoms with E-state index in [4.69, 9.17) is 0 Å². The molecule has 1 aliphatic heterocycles. The summed E-state index contributed by atoms with van der Waals surface area (Å²) in [5.41, 5.74) is -0.000567. The van der Waals surface area contributed by atoms with Crippen LogP contribution >= 0.6 is 0 Å². The smallest absolute Gasteiger partial charge is 0.326 e. The van der Waals surface area contributed by atoms with Gasteiger partial charge in [-0.05, 0) is 32.7 Å². The lowest BCUT2D eigenvalue weighted by Gasteiger charge is -2.34. The van der Waals surface area contributed by atoms with Crippen LogP contribution in [0, 0.1) is 0 Å². The first-order valence-electron chi connectivity index (χ1n) is 6.77. The van der Waals surface area contributed by atoms with E-state index in [0.717, 1.165) is 25.8 Å². The molecular weight excluding hydrogens is 260 g/mol. The first kappa shape index (κ1) is 14.5. The first-order valence-corrected chi connectivity index (χ1v) is 6.77. The maximum Gasteiger partial charge on any atom is 0.326 e. The van der Waals surface area contributed by atoms with Crippen molar-refractivity contribution in [2.45, 2.75) is 44.2 Å². The van der Waals surface area contributed by atoms with E-state index in [-0.39, 0.29) is 12.3 Å². The highest BCUT2D eigenvalue weighted by Gasteiger charge is 2.36. The zero-order chi connectivity index (χ0) is 14.6. The number of hydrogen-bond donors (Lipinski definition) is 4. The quantitative estimate of drug-likeness (QED) is 0.610. The molecule has 1 fully saturated rings. The summed E-state index contributed by atoms with van der Waals surface area (Å²) in [6.07, 6.45) is 5.96. The van der Waals surface area contributed by atoms with E-state index >= 15 is 0 Å². The lowest BCUT2D eigenvalue weighted by molar-refractivity contribution is -0.143. The highest BCUT2D eigenvalue weighted by Crippen LogP contribution is 2.19. The van der Waals surface area contributed by atoms with Crippen molar-refractivity contribution in [3.05, 3.63) is 18.2 Å². The zero-order valence-electron chi connectivity index (χ0n) is 11.5. The number of nitrogens with zero attached hydrogens (tertiary/aromatic N) is 1. The summed E-state index contributed by atoms with van der Waals surface area (Å²) in [5.74, 6) is -1.31. The molecule has 0 spiro atoms. The molecule has 1 aromatic rings. The molecule has 1 unspecified atom stereocenters. The standard InChI is InChI=1S/C13H20N4O3/c1-13(4-2-3-5-16-13)12(20)17-10(11(18)19)6-9-7-14-8-15-9/h7-8,10,16H,2-6H2,1H3,(H,14,15)(H,17,20)(H,18,19)/t10-,13?/m1/s1. The van der Waals surface area contributed by atoms with Crippen molar-refractivity contribution in [1.82, 2.24) is 20.6 Å². The van der Waals surface area contributed by atoms with Gasteiger partial charge in [0.15, 0.2) is 0 Å². The fourth-order valence-corrected chi connectivity index (χ4v) is 2.38. The maximum absolute atomic E-state index is 12.3. The van der Waals surface area contributed by atoms with Gasteiger partial charge in [-0.3, -0.25) is 4.79 Å². The van der Waals surface area contributed by atoms with Gasteiger partial charge in [-0.1, -0.05) is 0 Å². The van der Waals surface area contributed by atoms with E-state index in [1.165, 1.54) is 6.33 Å². The summed E-state index contributed by atoms with van der Waals surface area (Å²) in [6, 6.07) is -0.955. The van der Waals surface area contributed by atoms with Gasteiger partial charge in [0.2, 0.25) is 5.91 Å². The van der Waals surface area contributed by atoms with Crippen LogP contribution in [0.1, 0.15) is 31.9 Å². The van der Waals surface area contributed by atoms with Crippen LogP contribution in [0.25, 0.3) is 0 Å². The summed E-state index contributed by atoms with van der Waals surface area (Å²) in [7, 11) is 0. The molecular formula is C13H20N4O3. The fourth-order valence-electron chi connectivity index (χ4n) is 2.38. The largest absolute Gasteiger partial charge is 0.480 e. The fraction of sp³-hybridized carbons (Fsp3) is 0.615. The number of carboxylic acid groups (broad SMARTS) is 1. The minimum Gasteiger partial charge on any atom is -0.480 e. The number of imidazole rings is 1. The third-order valence-corrected chi connectivity index (χ3v) is 3.70. The van der Waals surface area contributed by atoms with E-state index in [1.807, 2.05) is 6.92 Å². The lowest BCUT2D eigenvalue weighted by atomic mass is 9.89. The predicted octanol–water partition coefficient (Wildman–Crippen LogP) is 0.0538. The number of aromatic amines is 1. The minimum absolute atomic E-state index is 0.192. The Morgan fingerprint density at radius 3 is 2.90 bits per heavy atom. The Kier molecular flexibility index (Phi) is 4.39. The SMILES string of the molecule is CC1(C(=O)N[C@H](Cc2cnc[nH]2)C(=O)O)CCCCN1. The molecule has 0 aliphatic carbocycles. The second-order valence-corrected chi connectivity index (χ2v) is 5.36. The van der Waals surface area contributed by atoms with Crippen LogP contribution in [0.4, 0.5) is 0 Å². The molecule has 110 valence electrons. The Balaban J connectivity index is 2.00. The molecule has 7 nitrogen and oxygen atoms in total. The van der Waals surface area contributed by atoms with Crippen molar-refractivity contribution in [2.75, 3.05) is 6.54 Å². The van der Waals surface area contributed by atoms with Crippen molar-refractivity contribution in [2.24, 2.45) is 0 Å². The summed E-state index contributed by atoms with van der Waals surface area (Å²) in [6.45, 7) is 2.60. The van der Waals surface area contributed by atoms with Crippen LogP contribution in [0.5, 0.6) is 0 Å². The summed E-state index contributed by atoms with van der Waals surface area (Å²) >= 11 is 0. The molecule has 1 aliphatic rings. The molecule has 2 heterocycles. The van der Waals surface area contributed by atoms with Crippen molar-refractivity contribution >= 4 is 11.9 Å². The average Bonchev–Trinajstić information content (AvgIpc) is 2.91. The highest BCUT2D eigenvalue weighted by molar-refractivity contribution is 5.90. The van der Waals surface area contributed by atoms with E-state index in [9.17, 15) is 14.7 Å². The third kappa shape index (κ3) is 3.36. The van der Waals surface area contributed by atoms with Gasteiger partial charge in [-0.2, -0.15) is 0 Å².